The normalized spacial score (nSPS) is 12.1. The molecule has 2 aromatic rings. The maximum absolute atomic E-state index is 13.6. The Balaban J connectivity index is 2.52. The summed E-state index contributed by atoms with van der Waals surface area (Å²) in [6.07, 6.45) is 1.36. The summed E-state index contributed by atoms with van der Waals surface area (Å²) in [7, 11) is -0.986. The van der Waals surface area contributed by atoms with Gasteiger partial charge in [0.15, 0.2) is 0 Å². The number of amides is 2. The van der Waals surface area contributed by atoms with Gasteiger partial charge in [0.1, 0.15) is 18.3 Å². The minimum absolute atomic E-state index is 0.143. The van der Waals surface area contributed by atoms with Crippen molar-refractivity contribution in [1.29, 1.82) is 0 Å². The highest BCUT2D eigenvalue weighted by Gasteiger charge is 2.32. The lowest BCUT2D eigenvalue weighted by Gasteiger charge is -2.33. The Bertz CT molecular complexity index is 1110. The first-order valence-electron chi connectivity index (χ1n) is 10.4. The van der Waals surface area contributed by atoms with Gasteiger partial charge >= 0.3 is 0 Å². The van der Waals surface area contributed by atoms with Crippen LogP contribution in [0.25, 0.3) is 0 Å². The molecule has 0 aliphatic rings. The third-order valence-corrected chi connectivity index (χ3v) is 6.68. The Morgan fingerprint density at radius 2 is 1.85 bits per heavy atom. The van der Waals surface area contributed by atoms with E-state index in [9.17, 15) is 18.0 Å². The van der Waals surface area contributed by atoms with Crippen molar-refractivity contribution in [3.8, 4) is 5.75 Å². The van der Waals surface area contributed by atoms with Crippen LogP contribution in [0.5, 0.6) is 5.75 Å². The average molecular weight is 496 g/mol. The molecule has 2 amide bonds. The lowest BCUT2D eigenvalue weighted by Crippen LogP contribution is -2.51. The number of anilines is 1. The van der Waals surface area contributed by atoms with Crippen LogP contribution >= 0.6 is 11.6 Å². The molecule has 0 aliphatic heterocycles. The van der Waals surface area contributed by atoms with Crippen LogP contribution in [-0.2, 0) is 26.2 Å². The topological polar surface area (TPSA) is 96.0 Å². The number of hydrogen-bond acceptors (Lipinski definition) is 5. The van der Waals surface area contributed by atoms with E-state index >= 15 is 0 Å². The predicted octanol–water partition coefficient (Wildman–Crippen LogP) is 2.98. The molecule has 0 aromatic heterocycles. The Morgan fingerprint density at radius 3 is 2.39 bits per heavy atom. The molecule has 2 aromatic carbocycles. The van der Waals surface area contributed by atoms with E-state index in [2.05, 4.69) is 5.32 Å². The zero-order chi connectivity index (χ0) is 24.8. The monoisotopic (exact) mass is 495 g/mol. The summed E-state index contributed by atoms with van der Waals surface area (Å²) < 4.78 is 31.6. The van der Waals surface area contributed by atoms with Gasteiger partial charge in [-0.05, 0) is 42.7 Å². The molecule has 1 atom stereocenters. The molecule has 0 unspecified atom stereocenters. The van der Waals surface area contributed by atoms with Crippen molar-refractivity contribution >= 4 is 39.1 Å². The highest BCUT2D eigenvalue weighted by atomic mass is 35.5. The van der Waals surface area contributed by atoms with E-state index in [0.29, 0.717) is 11.4 Å². The van der Waals surface area contributed by atoms with Gasteiger partial charge in [-0.15, -0.1) is 0 Å². The molecule has 0 bridgehead atoms. The molecule has 0 fully saturated rings. The maximum atomic E-state index is 13.6. The molecule has 1 N–H and O–H groups in total. The van der Waals surface area contributed by atoms with Crippen LogP contribution in [0.15, 0.2) is 42.5 Å². The van der Waals surface area contributed by atoms with E-state index in [4.69, 9.17) is 16.3 Å². The van der Waals surface area contributed by atoms with Gasteiger partial charge in [-0.1, -0.05) is 42.8 Å². The van der Waals surface area contributed by atoms with Crippen molar-refractivity contribution < 1.29 is 22.7 Å². The summed E-state index contributed by atoms with van der Waals surface area (Å²) in [5.74, 6) is -0.603. The number of likely N-dealkylation sites (N-methyl/N-ethyl adjacent to an activating group) is 1. The van der Waals surface area contributed by atoms with Crippen LogP contribution in [0.2, 0.25) is 5.02 Å². The van der Waals surface area contributed by atoms with E-state index in [1.165, 1.54) is 31.2 Å². The van der Waals surface area contributed by atoms with Crippen molar-refractivity contribution in [1.82, 2.24) is 10.2 Å². The largest absolute Gasteiger partial charge is 0.495 e. The molecule has 33 heavy (non-hydrogen) atoms. The predicted molar refractivity (Wildman–Crippen MR) is 130 cm³/mol. The summed E-state index contributed by atoms with van der Waals surface area (Å²) in [5.41, 5.74) is 1.96. The van der Waals surface area contributed by atoms with Gasteiger partial charge in [-0.2, -0.15) is 0 Å². The van der Waals surface area contributed by atoms with E-state index in [1.807, 2.05) is 31.2 Å². The molecule has 8 nitrogen and oxygen atoms in total. The van der Waals surface area contributed by atoms with E-state index < -0.39 is 28.5 Å². The standard InChI is InChI=1S/C23H30ClN3O5S/c1-6-19(23(29)25-3)26(14-17-10-8-7-9-16(17)2)22(28)15-27(33(5,30)31)20-13-18(24)11-12-21(20)32-4/h7-13,19H,6,14-15H2,1-5H3,(H,25,29)/t19-/m0/s1. The van der Waals surface area contributed by atoms with Crippen molar-refractivity contribution in [3.63, 3.8) is 0 Å². The van der Waals surface area contributed by atoms with E-state index in [0.717, 1.165) is 21.7 Å². The Kier molecular flexibility index (Phi) is 9.13. The van der Waals surface area contributed by atoms with Gasteiger partial charge in [0.25, 0.3) is 0 Å². The first-order valence-corrected chi connectivity index (χ1v) is 12.6. The van der Waals surface area contributed by atoms with Crippen molar-refractivity contribution in [2.45, 2.75) is 32.9 Å². The Hall–Kier alpha value is -2.78. The first kappa shape index (κ1) is 26.5. The molecule has 0 spiro atoms. The van der Waals surface area contributed by atoms with Crippen LogP contribution in [0.1, 0.15) is 24.5 Å². The molecule has 180 valence electrons. The maximum Gasteiger partial charge on any atom is 0.244 e. The molecular formula is C23H30ClN3O5S. The number of halogens is 1. The number of nitrogens with one attached hydrogen (secondary N) is 1. The number of nitrogens with zero attached hydrogens (tertiary/aromatic N) is 2. The first-order chi connectivity index (χ1) is 15.5. The van der Waals surface area contributed by atoms with Crippen LogP contribution in [0, 0.1) is 6.92 Å². The summed E-state index contributed by atoms with van der Waals surface area (Å²) >= 11 is 6.10. The van der Waals surface area contributed by atoms with Crippen LogP contribution in [0.4, 0.5) is 5.69 Å². The number of aryl methyl sites for hydroxylation is 1. The number of ether oxygens (including phenoxy) is 1. The number of methoxy groups -OCH3 is 1. The van der Waals surface area contributed by atoms with Crippen molar-refractivity contribution in [2.75, 3.05) is 31.3 Å². The number of rotatable bonds is 10. The van der Waals surface area contributed by atoms with Crippen LogP contribution in [-0.4, -0.2) is 58.1 Å². The van der Waals surface area contributed by atoms with Gasteiger partial charge in [0.2, 0.25) is 21.8 Å². The zero-order valence-corrected chi connectivity index (χ0v) is 21.0. The fourth-order valence-corrected chi connectivity index (χ4v) is 4.52. The van der Waals surface area contributed by atoms with E-state index in [1.54, 1.807) is 13.0 Å². The minimum atomic E-state index is -3.89. The zero-order valence-electron chi connectivity index (χ0n) is 19.5. The number of benzene rings is 2. The van der Waals surface area contributed by atoms with Gasteiger partial charge in [-0.3, -0.25) is 13.9 Å². The third-order valence-electron chi connectivity index (χ3n) is 5.32. The summed E-state index contributed by atoms with van der Waals surface area (Å²) in [6.45, 7) is 3.35. The van der Waals surface area contributed by atoms with E-state index in [-0.39, 0.29) is 23.9 Å². The number of hydrogen-bond donors (Lipinski definition) is 1. The molecule has 10 heteroatoms. The Labute approximate surface area is 200 Å². The highest BCUT2D eigenvalue weighted by molar-refractivity contribution is 7.92. The van der Waals surface area contributed by atoms with Crippen molar-refractivity contribution in [3.05, 3.63) is 58.6 Å². The Morgan fingerprint density at radius 1 is 1.18 bits per heavy atom. The lowest BCUT2D eigenvalue weighted by molar-refractivity contribution is -0.140. The summed E-state index contributed by atoms with van der Waals surface area (Å²) in [6, 6.07) is 11.3. The lowest BCUT2D eigenvalue weighted by atomic mass is 10.1. The molecule has 2 rings (SSSR count). The SMILES string of the molecule is CC[C@@H](C(=O)NC)N(Cc1ccccc1C)C(=O)CN(c1cc(Cl)ccc1OC)S(C)(=O)=O. The van der Waals surface area contributed by atoms with Gasteiger partial charge in [0.05, 0.1) is 19.1 Å². The molecule has 0 aliphatic carbocycles. The fourth-order valence-electron chi connectivity index (χ4n) is 3.51. The van der Waals surface area contributed by atoms with Gasteiger partial charge < -0.3 is 15.0 Å². The molecule has 0 saturated carbocycles. The second kappa shape index (κ2) is 11.4. The second-order valence-corrected chi connectivity index (χ2v) is 9.92. The number of sulfonamides is 1. The third kappa shape index (κ3) is 6.61. The van der Waals surface area contributed by atoms with Gasteiger partial charge in [-0.25, -0.2) is 8.42 Å². The minimum Gasteiger partial charge on any atom is -0.495 e. The van der Waals surface area contributed by atoms with Crippen molar-refractivity contribution in [2.24, 2.45) is 0 Å². The quantitative estimate of drug-likeness (QED) is 0.546. The highest BCUT2D eigenvalue weighted by Crippen LogP contribution is 2.33. The molecule has 0 radical (unpaired) electrons. The smallest absolute Gasteiger partial charge is 0.244 e. The average Bonchev–Trinajstić information content (AvgIpc) is 2.77. The molecular weight excluding hydrogens is 466 g/mol. The van der Waals surface area contributed by atoms with Crippen LogP contribution in [0.3, 0.4) is 0 Å². The van der Waals surface area contributed by atoms with Crippen LogP contribution < -0.4 is 14.4 Å². The molecule has 0 saturated heterocycles. The second-order valence-electron chi connectivity index (χ2n) is 7.57. The number of carbonyl (C=O) groups is 2. The van der Waals surface area contributed by atoms with Gasteiger partial charge in [0, 0.05) is 18.6 Å². The summed E-state index contributed by atoms with van der Waals surface area (Å²) in [5, 5.41) is 2.88. The summed E-state index contributed by atoms with van der Waals surface area (Å²) in [4.78, 5) is 27.6. The number of carbonyl (C=O) groups excluding carboxylic acids is 2. The fraction of sp³-hybridized carbons (Fsp3) is 0.391. The molecule has 0 heterocycles.